The summed E-state index contributed by atoms with van der Waals surface area (Å²) in [5, 5.41) is 49.4. The number of fused-ring (bicyclic) bond motifs is 1. The molecule has 1 aliphatic rings. The lowest BCUT2D eigenvalue weighted by Gasteiger charge is -2.38. The number of phenols is 3. The summed E-state index contributed by atoms with van der Waals surface area (Å²) in [5.74, 6) is -0.208. The summed E-state index contributed by atoms with van der Waals surface area (Å²) >= 11 is 0. The molecule has 2 atom stereocenters. The van der Waals surface area contributed by atoms with Gasteiger partial charge in [0.15, 0.2) is 11.5 Å². The van der Waals surface area contributed by atoms with Gasteiger partial charge in [0.2, 0.25) is 0 Å². The first kappa shape index (κ1) is 14.5. The molecule has 22 heavy (non-hydrogen) atoms. The van der Waals surface area contributed by atoms with Crippen molar-refractivity contribution in [3.63, 3.8) is 0 Å². The third kappa shape index (κ3) is 2.43. The molecule has 0 unspecified atom stereocenters. The highest BCUT2D eigenvalue weighted by molar-refractivity contribution is 5.45. The minimum atomic E-state index is -1.58. The molecule has 0 saturated carbocycles. The summed E-state index contributed by atoms with van der Waals surface area (Å²) in [6, 6.07) is 8.47. The van der Waals surface area contributed by atoms with Crippen LogP contribution in [0, 0.1) is 0 Å². The van der Waals surface area contributed by atoms with Crippen molar-refractivity contribution < 1.29 is 30.3 Å². The highest BCUT2D eigenvalue weighted by atomic mass is 16.5. The van der Waals surface area contributed by atoms with E-state index in [1.54, 1.807) is 6.07 Å². The van der Waals surface area contributed by atoms with Gasteiger partial charge in [0, 0.05) is 18.1 Å². The Morgan fingerprint density at radius 2 is 1.82 bits per heavy atom. The van der Waals surface area contributed by atoms with Crippen LogP contribution in [0.25, 0.3) is 0 Å². The largest absolute Gasteiger partial charge is 0.508 e. The molecule has 0 radical (unpaired) electrons. The highest BCUT2D eigenvalue weighted by Gasteiger charge is 2.42. The third-order valence-electron chi connectivity index (χ3n) is 3.83. The van der Waals surface area contributed by atoms with Crippen molar-refractivity contribution in [3.8, 4) is 23.0 Å². The van der Waals surface area contributed by atoms with Gasteiger partial charge in [0.05, 0.1) is 0 Å². The molecule has 0 saturated heterocycles. The van der Waals surface area contributed by atoms with Crippen LogP contribution >= 0.6 is 0 Å². The van der Waals surface area contributed by atoms with Crippen LogP contribution in [0.5, 0.6) is 23.0 Å². The molecule has 6 nitrogen and oxygen atoms in total. The van der Waals surface area contributed by atoms with Crippen molar-refractivity contribution >= 4 is 0 Å². The van der Waals surface area contributed by atoms with E-state index in [1.807, 2.05) is 0 Å². The number of phenolic OH excluding ortho intramolecular Hbond substituents is 3. The fourth-order valence-electron chi connectivity index (χ4n) is 2.63. The topological polar surface area (TPSA) is 110 Å². The first-order valence-electron chi connectivity index (χ1n) is 6.76. The third-order valence-corrected chi connectivity index (χ3v) is 3.83. The van der Waals surface area contributed by atoms with Gasteiger partial charge in [-0.05, 0) is 29.8 Å². The van der Waals surface area contributed by atoms with Gasteiger partial charge >= 0.3 is 0 Å². The maximum Gasteiger partial charge on any atom is 0.157 e. The molecule has 6 heteroatoms. The summed E-state index contributed by atoms with van der Waals surface area (Å²) in [6.45, 7) is -0.160. The maximum atomic E-state index is 10.7. The maximum absolute atomic E-state index is 10.7. The Kier molecular flexibility index (Phi) is 3.35. The molecular weight excluding hydrogens is 288 g/mol. The van der Waals surface area contributed by atoms with Crippen LogP contribution in [0.2, 0.25) is 0 Å². The van der Waals surface area contributed by atoms with E-state index < -0.39 is 11.7 Å². The molecule has 116 valence electrons. The zero-order chi connectivity index (χ0) is 15.9. The number of benzene rings is 2. The van der Waals surface area contributed by atoms with Crippen LogP contribution in [-0.2, 0) is 6.42 Å². The molecule has 0 bridgehead atoms. The Morgan fingerprint density at radius 3 is 2.55 bits per heavy atom. The van der Waals surface area contributed by atoms with E-state index in [-0.39, 0.29) is 30.3 Å². The van der Waals surface area contributed by atoms with Crippen molar-refractivity contribution in [1.82, 2.24) is 0 Å². The van der Waals surface area contributed by atoms with Crippen molar-refractivity contribution in [2.75, 3.05) is 6.61 Å². The summed E-state index contributed by atoms with van der Waals surface area (Å²) in [5.41, 5.74) is -0.648. The standard InChI is InChI=1S/C16H16O6/c17-10-2-3-11-14(6-10)22-8-16(21,15(11)20)7-9-1-4-12(18)13(19)5-9/h1-6,15,17-21H,7-8H2/t15-,16-/m1/s1. The summed E-state index contributed by atoms with van der Waals surface area (Å²) in [4.78, 5) is 0. The SMILES string of the molecule is Oc1ccc2c(c1)OC[C@](O)(Cc1ccc(O)c(O)c1)[C@@H]2O. The van der Waals surface area contributed by atoms with Crippen molar-refractivity contribution in [2.24, 2.45) is 0 Å². The van der Waals surface area contributed by atoms with Crippen LogP contribution in [0.15, 0.2) is 36.4 Å². The van der Waals surface area contributed by atoms with Crippen LogP contribution in [0.3, 0.4) is 0 Å². The zero-order valence-corrected chi connectivity index (χ0v) is 11.6. The monoisotopic (exact) mass is 304 g/mol. The van der Waals surface area contributed by atoms with E-state index >= 15 is 0 Å². The number of aliphatic hydroxyl groups excluding tert-OH is 1. The van der Waals surface area contributed by atoms with Gasteiger partial charge in [-0.3, -0.25) is 0 Å². The quantitative estimate of drug-likeness (QED) is 0.533. The fourth-order valence-corrected chi connectivity index (χ4v) is 2.63. The van der Waals surface area contributed by atoms with Crippen molar-refractivity contribution in [3.05, 3.63) is 47.5 Å². The molecule has 1 aliphatic heterocycles. The van der Waals surface area contributed by atoms with Crippen LogP contribution in [0.1, 0.15) is 17.2 Å². The minimum Gasteiger partial charge on any atom is -0.508 e. The summed E-state index contributed by atoms with van der Waals surface area (Å²) in [7, 11) is 0. The van der Waals surface area contributed by atoms with E-state index in [9.17, 15) is 25.5 Å². The number of ether oxygens (including phenoxy) is 1. The van der Waals surface area contributed by atoms with Crippen LogP contribution in [0.4, 0.5) is 0 Å². The molecule has 2 aromatic rings. The molecular formula is C16H16O6. The second kappa shape index (κ2) is 5.08. The van der Waals surface area contributed by atoms with E-state index in [0.29, 0.717) is 16.9 Å². The first-order chi connectivity index (χ1) is 10.4. The molecule has 2 aromatic carbocycles. The Labute approximate surface area is 126 Å². The van der Waals surface area contributed by atoms with Crippen molar-refractivity contribution in [1.29, 1.82) is 0 Å². The number of aromatic hydroxyl groups is 3. The normalized spacial score (nSPS) is 23.6. The average molecular weight is 304 g/mol. The predicted octanol–water partition coefficient (Wildman–Crippen LogP) is 1.20. The lowest BCUT2D eigenvalue weighted by Crippen LogP contribution is -2.47. The molecule has 5 N–H and O–H groups in total. The van der Waals surface area contributed by atoms with E-state index in [0.717, 1.165) is 0 Å². The zero-order valence-electron chi connectivity index (χ0n) is 11.6. The molecule has 0 amide bonds. The Morgan fingerprint density at radius 1 is 1.05 bits per heavy atom. The lowest BCUT2D eigenvalue weighted by atomic mass is 9.84. The first-order valence-corrected chi connectivity index (χ1v) is 6.76. The van der Waals surface area contributed by atoms with Gasteiger partial charge in [-0.15, -0.1) is 0 Å². The Hall–Kier alpha value is -2.44. The molecule has 3 rings (SSSR count). The molecule has 0 aromatic heterocycles. The van der Waals surface area contributed by atoms with E-state index in [2.05, 4.69) is 0 Å². The van der Waals surface area contributed by atoms with E-state index in [1.165, 1.54) is 30.3 Å². The smallest absolute Gasteiger partial charge is 0.157 e. The molecule has 0 spiro atoms. The Balaban J connectivity index is 1.90. The van der Waals surface area contributed by atoms with Crippen LogP contribution in [-0.4, -0.2) is 37.7 Å². The molecule has 1 heterocycles. The number of hydrogen-bond donors (Lipinski definition) is 5. The molecule has 0 fully saturated rings. The fraction of sp³-hybridized carbons (Fsp3) is 0.250. The van der Waals surface area contributed by atoms with Gasteiger partial charge in [0.25, 0.3) is 0 Å². The minimum absolute atomic E-state index is 0.0137. The summed E-state index contributed by atoms with van der Waals surface area (Å²) < 4.78 is 5.43. The van der Waals surface area contributed by atoms with Gasteiger partial charge in [0.1, 0.15) is 29.8 Å². The van der Waals surface area contributed by atoms with E-state index in [4.69, 9.17) is 4.74 Å². The summed E-state index contributed by atoms with van der Waals surface area (Å²) in [6.07, 6.45) is -1.17. The number of aliphatic hydroxyl groups is 2. The second-order valence-corrected chi connectivity index (χ2v) is 5.52. The average Bonchev–Trinajstić information content (AvgIpc) is 2.47. The van der Waals surface area contributed by atoms with Gasteiger partial charge in [-0.2, -0.15) is 0 Å². The van der Waals surface area contributed by atoms with Crippen LogP contribution < -0.4 is 4.74 Å². The predicted molar refractivity (Wildman–Crippen MR) is 77.0 cm³/mol. The number of rotatable bonds is 2. The van der Waals surface area contributed by atoms with Gasteiger partial charge in [-0.25, -0.2) is 0 Å². The highest BCUT2D eigenvalue weighted by Crippen LogP contribution is 2.41. The lowest BCUT2D eigenvalue weighted by molar-refractivity contribution is -0.114. The van der Waals surface area contributed by atoms with Gasteiger partial charge < -0.3 is 30.3 Å². The molecule has 0 aliphatic carbocycles. The number of hydrogen-bond acceptors (Lipinski definition) is 6. The van der Waals surface area contributed by atoms with Crippen molar-refractivity contribution in [2.45, 2.75) is 18.1 Å². The Bertz CT molecular complexity index is 714. The second-order valence-electron chi connectivity index (χ2n) is 5.52. The van der Waals surface area contributed by atoms with Gasteiger partial charge in [-0.1, -0.05) is 6.07 Å².